The molecule has 0 aliphatic carbocycles. The zero-order chi connectivity index (χ0) is 17.7. The van der Waals surface area contributed by atoms with E-state index in [4.69, 9.17) is 4.74 Å². The van der Waals surface area contributed by atoms with Crippen LogP contribution in [0, 0.1) is 6.92 Å². The van der Waals surface area contributed by atoms with Gasteiger partial charge in [0.15, 0.2) is 0 Å². The molecule has 1 N–H and O–H groups in total. The van der Waals surface area contributed by atoms with E-state index in [9.17, 15) is 8.42 Å². The van der Waals surface area contributed by atoms with Crippen molar-refractivity contribution in [2.75, 3.05) is 29.5 Å². The Bertz CT molecular complexity index is 791. The van der Waals surface area contributed by atoms with Crippen molar-refractivity contribution >= 4 is 21.7 Å². The maximum atomic E-state index is 11.5. The Hall–Kier alpha value is -2.35. The molecule has 130 valence electrons. The van der Waals surface area contributed by atoms with Gasteiger partial charge >= 0.3 is 0 Å². The summed E-state index contributed by atoms with van der Waals surface area (Å²) in [4.78, 5) is 8.55. The Morgan fingerprint density at radius 2 is 1.92 bits per heavy atom. The first-order valence-electron chi connectivity index (χ1n) is 7.54. The van der Waals surface area contributed by atoms with Gasteiger partial charge in [-0.15, -0.1) is 0 Å². The quantitative estimate of drug-likeness (QED) is 0.824. The predicted octanol–water partition coefficient (Wildman–Crippen LogP) is 2.19. The lowest BCUT2D eigenvalue weighted by molar-refractivity contribution is 0.324. The van der Waals surface area contributed by atoms with E-state index in [1.807, 2.05) is 26.0 Å². The molecule has 0 bridgehead atoms. The molecule has 0 aliphatic rings. The Morgan fingerprint density at radius 1 is 1.25 bits per heavy atom. The molecule has 0 spiro atoms. The standard InChI is InChI=1S/C16H22N4O3S/c1-5-23-15-12(2)10-17-16(19-15)18-11-13-6-8-14(9-7-13)20(3)24(4,21)22/h6-10H,5,11H2,1-4H3,(H,17,18,19). The highest BCUT2D eigenvalue weighted by Gasteiger charge is 2.11. The molecule has 1 aromatic carbocycles. The summed E-state index contributed by atoms with van der Waals surface area (Å²) in [5.74, 6) is 1.06. The highest BCUT2D eigenvalue weighted by atomic mass is 32.2. The molecule has 0 fully saturated rings. The first kappa shape index (κ1) is 18.0. The molecule has 0 saturated heterocycles. The van der Waals surface area contributed by atoms with Gasteiger partial charge in [-0.05, 0) is 31.5 Å². The van der Waals surface area contributed by atoms with Gasteiger partial charge in [0, 0.05) is 25.4 Å². The van der Waals surface area contributed by atoms with Crippen LogP contribution in [-0.2, 0) is 16.6 Å². The fourth-order valence-corrected chi connectivity index (χ4v) is 2.50. The average Bonchev–Trinajstić information content (AvgIpc) is 2.55. The molecular formula is C16H22N4O3S. The van der Waals surface area contributed by atoms with Gasteiger partial charge in [0.1, 0.15) is 0 Å². The number of sulfonamides is 1. The molecule has 1 heterocycles. The van der Waals surface area contributed by atoms with E-state index < -0.39 is 10.0 Å². The number of nitrogens with zero attached hydrogens (tertiary/aromatic N) is 3. The largest absolute Gasteiger partial charge is 0.478 e. The summed E-state index contributed by atoms with van der Waals surface area (Å²) < 4.78 is 29.7. The molecule has 2 aromatic rings. The van der Waals surface area contributed by atoms with E-state index in [1.54, 1.807) is 18.3 Å². The minimum Gasteiger partial charge on any atom is -0.478 e. The van der Waals surface area contributed by atoms with Crippen molar-refractivity contribution in [2.24, 2.45) is 0 Å². The van der Waals surface area contributed by atoms with E-state index in [0.29, 0.717) is 30.7 Å². The molecule has 2 rings (SSSR count). The molecule has 0 atom stereocenters. The van der Waals surface area contributed by atoms with Crippen LogP contribution in [0.5, 0.6) is 5.88 Å². The normalized spacial score (nSPS) is 11.2. The first-order chi connectivity index (χ1) is 11.3. The van der Waals surface area contributed by atoms with Gasteiger partial charge in [-0.3, -0.25) is 4.31 Å². The number of benzene rings is 1. The van der Waals surface area contributed by atoms with Crippen molar-refractivity contribution in [2.45, 2.75) is 20.4 Å². The van der Waals surface area contributed by atoms with E-state index >= 15 is 0 Å². The van der Waals surface area contributed by atoms with Crippen molar-refractivity contribution in [3.05, 3.63) is 41.6 Å². The van der Waals surface area contributed by atoms with E-state index in [1.165, 1.54) is 17.6 Å². The van der Waals surface area contributed by atoms with Crippen LogP contribution in [0.15, 0.2) is 30.5 Å². The van der Waals surface area contributed by atoms with Crippen LogP contribution < -0.4 is 14.4 Å². The van der Waals surface area contributed by atoms with Crippen LogP contribution in [-0.4, -0.2) is 38.3 Å². The molecule has 0 radical (unpaired) electrons. The Balaban J connectivity index is 2.04. The monoisotopic (exact) mass is 350 g/mol. The summed E-state index contributed by atoms with van der Waals surface area (Å²) in [6.45, 7) is 4.87. The number of hydrogen-bond donors (Lipinski definition) is 1. The van der Waals surface area contributed by atoms with Gasteiger partial charge in [0.25, 0.3) is 0 Å². The zero-order valence-corrected chi connectivity index (χ0v) is 15.1. The zero-order valence-electron chi connectivity index (χ0n) is 14.3. The van der Waals surface area contributed by atoms with E-state index in [0.717, 1.165) is 11.1 Å². The van der Waals surface area contributed by atoms with Crippen LogP contribution in [0.1, 0.15) is 18.1 Å². The Labute approximate surface area is 142 Å². The number of hydrogen-bond acceptors (Lipinski definition) is 6. The maximum Gasteiger partial charge on any atom is 0.231 e. The third-order valence-corrected chi connectivity index (χ3v) is 4.66. The number of aromatic nitrogens is 2. The Kier molecular flexibility index (Phi) is 5.61. The van der Waals surface area contributed by atoms with Crippen molar-refractivity contribution in [3.8, 4) is 5.88 Å². The van der Waals surface area contributed by atoms with E-state index in [2.05, 4.69) is 15.3 Å². The summed E-state index contributed by atoms with van der Waals surface area (Å²) in [6.07, 6.45) is 2.89. The van der Waals surface area contributed by atoms with Gasteiger partial charge < -0.3 is 10.1 Å². The number of rotatable bonds is 7. The second-order valence-corrected chi connectivity index (χ2v) is 7.38. The number of ether oxygens (including phenoxy) is 1. The molecule has 8 heteroatoms. The third kappa shape index (κ3) is 4.58. The first-order valence-corrected chi connectivity index (χ1v) is 9.39. The molecule has 1 aromatic heterocycles. The lowest BCUT2D eigenvalue weighted by Crippen LogP contribution is -2.24. The van der Waals surface area contributed by atoms with Gasteiger partial charge in [0.2, 0.25) is 21.9 Å². The highest BCUT2D eigenvalue weighted by molar-refractivity contribution is 7.92. The van der Waals surface area contributed by atoms with Crippen molar-refractivity contribution in [3.63, 3.8) is 0 Å². The van der Waals surface area contributed by atoms with E-state index in [-0.39, 0.29) is 0 Å². The summed E-state index contributed by atoms with van der Waals surface area (Å²) >= 11 is 0. The van der Waals surface area contributed by atoms with Gasteiger partial charge in [-0.25, -0.2) is 13.4 Å². The fourth-order valence-electron chi connectivity index (χ4n) is 1.99. The van der Waals surface area contributed by atoms with Crippen molar-refractivity contribution < 1.29 is 13.2 Å². The molecule has 0 saturated carbocycles. The average molecular weight is 350 g/mol. The molecule has 7 nitrogen and oxygen atoms in total. The lowest BCUT2D eigenvalue weighted by atomic mass is 10.2. The van der Waals surface area contributed by atoms with Crippen molar-refractivity contribution in [1.29, 1.82) is 0 Å². The van der Waals surface area contributed by atoms with Gasteiger partial charge in [0.05, 0.1) is 18.6 Å². The van der Waals surface area contributed by atoms with Crippen molar-refractivity contribution in [1.82, 2.24) is 9.97 Å². The number of aryl methyl sites for hydroxylation is 1. The second kappa shape index (κ2) is 7.48. The van der Waals surface area contributed by atoms with Crippen LogP contribution in [0.3, 0.4) is 0 Å². The topological polar surface area (TPSA) is 84.4 Å². The summed E-state index contributed by atoms with van der Waals surface area (Å²) in [7, 11) is -1.73. The maximum absolute atomic E-state index is 11.5. The number of nitrogens with one attached hydrogen (secondary N) is 1. The summed E-state index contributed by atoms with van der Waals surface area (Å²) in [5, 5.41) is 3.13. The van der Waals surface area contributed by atoms with Gasteiger partial charge in [-0.1, -0.05) is 12.1 Å². The minimum absolute atomic E-state index is 0.487. The summed E-state index contributed by atoms with van der Waals surface area (Å²) in [6, 6.07) is 7.25. The second-order valence-electron chi connectivity index (χ2n) is 5.37. The Morgan fingerprint density at radius 3 is 2.50 bits per heavy atom. The number of anilines is 2. The third-order valence-electron chi connectivity index (χ3n) is 3.45. The lowest BCUT2D eigenvalue weighted by Gasteiger charge is -2.16. The molecule has 0 unspecified atom stereocenters. The SMILES string of the molecule is CCOc1nc(NCc2ccc(N(C)S(C)(=O)=O)cc2)ncc1C. The fraction of sp³-hybridized carbons (Fsp3) is 0.375. The smallest absolute Gasteiger partial charge is 0.231 e. The highest BCUT2D eigenvalue weighted by Crippen LogP contribution is 2.18. The van der Waals surface area contributed by atoms with Crippen LogP contribution in [0.25, 0.3) is 0 Å². The molecule has 24 heavy (non-hydrogen) atoms. The predicted molar refractivity (Wildman–Crippen MR) is 95.0 cm³/mol. The van der Waals surface area contributed by atoms with Gasteiger partial charge in [-0.2, -0.15) is 4.98 Å². The summed E-state index contributed by atoms with van der Waals surface area (Å²) in [5.41, 5.74) is 2.49. The molecule has 0 aliphatic heterocycles. The van der Waals surface area contributed by atoms with Crippen LogP contribution in [0.4, 0.5) is 11.6 Å². The minimum atomic E-state index is -3.25. The molecule has 0 amide bonds. The van der Waals surface area contributed by atoms with Crippen LogP contribution >= 0.6 is 0 Å². The molecular weight excluding hydrogens is 328 g/mol. The van der Waals surface area contributed by atoms with Crippen LogP contribution in [0.2, 0.25) is 0 Å².